The fraction of sp³-hybridized carbons (Fsp3) is 0.294. The Balaban J connectivity index is 2.63. The van der Waals surface area contributed by atoms with Crippen LogP contribution in [0.2, 0.25) is 0 Å². The van der Waals surface area contributed by atoms with Crippen molar-refractivity contribution in [2.45, 2.75) is 30.6 Å². The van der Waals surface area contributed by atoms with Crippen LogP contribution in [0.5, 0.6) is 0 Å². The Morgan fingerprint density at radius 1 is 0.778 bits per heavy atom. The van der Waals surface area contributed by atoms with Gasteiger partial charge in [0.15, 0.2) is 0 Å². The fourth-order valence-electron chi connectivity index (χ4n) is 2.55. The molecule has 0 unspecified atom stereocenters. The SMILES string of the molecule is CCS(C)(c1ccccc1C)c1ccccc1C. The minimum absolute atomic E-state index is 0.896. The molecule has 0 spiro atoms. The highest BCUT2D eigenvalue weighted by Crippen LogP contribution is 2.61. The number of hydrogen-bond acceptors (Lipinski definition) is 0. The summed E-state index contributed by atoms with van der Waals surface area (Å²) in [5.74, 6) is 1.20. The largest absolute Gasteiger partial charge is 0.190 e. The maximum atomic E-state index is 2.44. The lowest BCUT2D eigenvalue weighted by Crippen LogP contribution is -2.06. The second-order valence-corrected chi connectivity index (χ2v) is 8.54. The van der Waals surface area contributed by atoms with Gasteiger partial charge in [-0.15, -0.1) is 0 Å². The van der Waals surface area contributed by atoms with E-state index in [-0.39, 0.29) is 0 Å². The van der Waals surface area contributed by atoms with Crippen molar-refractivity contribution >= 4 is 10.0 Å². The van der Waals surface area contributed by atoms with Crippen molar-refractivity contribution in [2.75, 3.05) is 12.0 Å². The van der Waals surface area contributed by atoms with E-state index in [1.54, 1.807) is 0 Å². The quantitative estimate of drug-likeness (QED) is 0.712. The van der Waals surface area contributed by atoms with Gasteiger partial charge in [-0.05, 0) is 58.9 Å². The first-order valence-corrected chi connectivity index (χ1v) is 8.68. The summed E-state index contributed by atoms with van der Waals surface area (Å²) < 4.78 is 0. The summed E-state index contributed by atoms with van der Waals surface area (Å²) in [5.41, 5.74) is 2.83. The van der Waals surface area contributed by atoms with Crippen LogP contribution >= 0.6 is 10.0 Å². The second-order valence-electron chi connectivity index (χ2n) is 4.91. The van der Waals surface area contributed by atoms with E-state index in [0.29, 0.717) is 0 Å². The van der Waals surface area contributed by atoms with Gasteiger partial charge in [-0.1, -0.05) is 43.3 Å². The number of hydrogen-bond donors (Lipinski definition) is 0. The molecule has 0 atom stereocenters. The Labute approximate surface area is 112 Å². The Bertz CT molecular complexity index is 497. The zero-order valence-electron chi connectivity index (χ0n) is 11.7. The van der Waals surface area contributed by atoms with Crippen LogP contribution < -0.4 is 0 Å². The van der Waals surface area contributed by atoms with Gasteiger partial charge in [0, 0.05) is 0 Å². The minimum Gasteiger partial charge on any atom is -0.190 e. The van der Waals surface area contributed by atoms with Gasteiger partial charge in [-0.25, -0.2) is 0 Å². The molecule has 0 saturated heterocycles. The summed E-state index contributed by atoms with van der Waals surface area (Å²) in [6, 6.07) is 17.7. The molecule has 0 radical (unpaired) electrons. The highest BCUT2D eigenvalue weighted by atomic mass is 32.3. The van der Waals surface area contributed by atoms with E-state index in [4.69, 9.17) is 0 Å². The lowest BCUT2D eigenvalue weighted by molar-refractivity contribution is 1.21. The van der Waals surface area contributed by atoms with Gasteiger partial charge in [0.25, 0.3) is 0 Å². The monoisotopic (exact) mass is 258 g/mol. The smallest absolute Gasteiger partial charge is 0.00323 e. The number of rotatable bonds is 3. The zero-order valence-corrected chi connectivity index (χ0v) is 12.6. The van der Waals surface area contributed by atoms with Crippen molar-refractivity contribution in [1.82, 2.24) is 0 Å². The first-order chi connectivity index (χ1) is 8.59. The van der Waals surface area contributed by atoms with Crippen molar-refractivity contribution in [3.63, 3.8) is 0 Å². The summed E-state index contributed by atoms with van der Waals surface area (Å²) in [5, 5.41) is 0. The highest BCUT2D eigenvalue weighted by Gasteiger charge is 2.23. The van der Waals surface area contributed by atoms with Crippen LogP contribution in [0.1, 0.15) is 18.1 Å². The molecular formula is C17H22S. The van der Waals surface area contributed by atoms with E-state index < -0.39 is 10.0 Å². The molecule has 18 heavy (non-hydrogen) atoms. The summed E-state index contributed by atoms with van der Waals surface area (Å²) >= 11 is 0. The molecule has 0 nitrogen and oxygen atoms in total. The fourth-order valence-corrected chi connectivity index (χ4v) is 5.73. The maximum absolute atomic E-state index is 2.44. The van der Waals surface area contributed by atoms with E-state index in [1.165, 1.54) is 26.7 Å². The van der Waals surface area contributed by atoms with E-state index in [9.17, 15) is 0 Å². The van der Waals surface area contributed by atoms with Crippen molar-refractivity contribution in [3.8, 4) is 0 Å². The predicted molar refractivity (Wildman–Crippen MR) is 82.9 cm³/mol. The van der Waals surface area contributed by atoms with Gasteiger partial charge in [0.05, 0.1) is 0 Å². The van der Waals surface area contributed by atoms with Crippen LogP contribution in [0.3, 0.4) is 0 Å². The third-order valence-electron chi connectivity index (χ3n) is 3.74. The van der Waals surface area contributed by atoms with Crippen LogP contribution in [0.25, 0.3) is 0 Å². The van der Waals surface area contributed by atoms with Gasteiger partial charge in [0.2, 0.25) is 0 Å². The molecule has 0 aromatic heterocycles. The Hall–Kier alpha value is -1.21. The number of benzene rings is 2. The van der Waals surface area contributed by atoms with Crippen molar-refractivity contribution in [2.24, 2.45) is 0 Å². The molecule has 0 N–H and O–H groups in total. The van der Waals surface area contributed by atoms with Gasteiger partial charge >= 0.3 is 0 Å². The van der Waals surface area contributed by atoms with Gasteiger partial charge in [-0.2, -0.15) is 10.0 Å². The topological polar surface area (TPSA) is 0 Å². The molecular weight excluding hydrogens is 236 g/mol. The maximum Gasteiger partial charge on any atom is -0.00323 e. The highest BCUT2D eigenvalue weighted by molar-refractivity contribution is 8.33. The molecule has 0 aliphatic heterocycles. The van der Waals surface area contributed by atoms with Gasteiger partial charge in [-0.3, -0.25) is 0 Å². The molecule has 0 aliphatic rings. The minimum atomic E-state index is -0.896. The Morgan fingerprint density at radius 3 is 1.50 bits per heavy atom. The van der Waals surface area contributed by atoms with E-state index in [1.807, 2.05) is 0 Å². The first-order valence-electron chi connectivity index (χ1n) is 6.47. The molecule has 0 bridgehead atoms. The summed E-state index contributed by atoms with van der Waals surface area (Å²) in [7, 11) is -0.896. The molecule has 0 heterocycles. The third kappa shape index (κ3) is 2.20. The average molecular weight is 258 g/mol. The average Bonchev–Trinajstić information content (AvgIpc) is 2.39. The predicted octanol–water partition coefficient (Wildman–Crippen LogP) is 5.18. The molecule has 2 rings (SSSR count). The van der Waals surface area contributed by atoms with Gasteiger partial charge in [0.1, 0.15) is 0 Å². The molecule has 0 amide bonds. The molecule has 0 aliphatic carbocycles. The van der Waals surface area contributed by atoms with Crippen molar-refractivity contribution in [3.05, 3.63) is 59.7 Å². The molecule has 96 valence electrons. The Morgan fingerprint density at radius 2 is 1.17 bits per heavy atom. The van der Waals surface area contributed by atoms with Crippen molar-refractivity contribution < 1.29 is 0 Å². The number of aryl methyl sites for hydroxylation is 2. The van der Waals surface area contributed by atoms with E-state index in [2.05, 4.69) is 75.6 Å². The normalized spacial score (nSPS) is 12.4. The summed E-state index contributed by atoms with van der Waals surface area (Å²) in [6.45, 7) is 6.78. The first kappa shape index (κ1) is 13.2. The van der Waals surface area contributed by atoms with E-state index in [0.717, 1.165) is 0 Å². The van der Waals surface area contributed by atoms with E-state index >= 15 is 0 Å². The zero-order chi connectivity index (χ0) is 13.2. The van der Waals surface area contributed by atoms with Crippen LogP contribution in [0.4, 0.5) is 0 Å². The second kappa shape index (κ2) is 5.19. The lowest BCUT2D eigenvalue weighted by atomic mass is 10.2. The molecule has 0 fully saturated rings. The third-order valence-corrected chi connectivity index (χ3v) is 7.75. The van der Waals surface area contributed by atoms with Crippen LogP contribution in [0.15, 0.2) is 58.3 Å². The lowest BCUT2D eigenvalue weighted by Gasteiger charge is -2.38. The molecule has 1 heteroatoms. The van der Waals surface area contributed by atoms with Crippen molar-refractivity contribution in [1.29, 1.82) is 0 Å². The van der Waals surface area contributed by atoms with Gasteiger partial charge < -0.3 is 0 Å². The van der Waals surface area contributed by atoms with Crippen LogP contribution in [-0.2, 0) is 0 Å². The standard InChI is InChI=1S/C17H22S/c1-5-18(4,16-12-8-6-10-14(16)2)17-13-9-7-11-15(17)3/h6-13H,5H2,1-4H3. The van der Waals surface area contributed by atoms with Crippen LogP contribution in [0, 0.1) is 13.8 Å². The Kier molecular flexibility index (Phi) is 3.82. The summed E-state index contributed by atoms with van der Waals surface area (Å²) in [4.78, 5) is 3.06. The molecule has 0 saturated carbocycles. The molecule has 2 aromatic carbocycles. The molecule has 2 aromatic rings. The van der Waals surface area contributed by atoms with Crippen LogP contribution in [-0.4, -0.2) is 12.0 Å². The summed E-state index contributed by atoms with van der Waals surface area (Å²) in [6.07, 6.45) is 2.44.